The van der Waals surface area contributed by atoms with Gasteiger partial charge in [-0.05, 0) is 43.5 Å². The SMILES string of the molecule is CC(C)CCOc1ccc(S(=O)(=O)N2CCNC(C)C2)cc1.Cl. The summed E-state index contributed by atoms with van der Waals surface area (Å²) in [5, 5.41) is 3.25. The Labute approximate surface area is 145 Å². The predicted molar refractivity (Wildman–Crippen MR) is 94.9 cm³/mol. The zero-order chi connectivity index (χ0) is 16.2. The first-order valence-corrected chi connectivity index (χ1v) is 9.30. The van der Waals surface area contributed by atoms with Crippen LogP contribution in [0, 0.1) is 5.92 Å². The van der Waals surface area contributed by atoms with Crippen LogP contribution in [-0.2, 0) is 10.0 Å². The quantitative estimate of drug-likeness (QED) is 0.844. The molecule has 0 bridgehead atoms. The van der Waals surface area contributed by atoms with Crippen molar-refractivity contribution in [3.05, 3.63) is 24.3 Å². The van der Waals surface area contributed by atoms with E-state index in [4.69, 9.17) is 4.74 Å². The molecule has 2 rings (SSSR count). The summed E-state index contributed by atoms with van der Waals surface area (Å²) in [7, 11) is -3.41. The van der Waals surface area contributed by atoms with Crippen molar-refractivity contribution in [2.24, 2.45) is 5.92 Å². The molecule has 7 heteroatoms. The van der Waals surface area contributed by atoms with Gasteiger partial charge in [0.1, 0.15) is 5.75 Å². The molecule has 1 atom stereocenters. The maximum atomic E-state index is 12.6. The van der Waals surface area contributed by atoms with E-state index >= 15 is 0 Å². The Kier molecular flexibility index (Phi) is 7.80. The Morgan fingerprint density at radius 1 is 1.30 bits per heavy atom. The Balaban J connectivity index is 0.00000264. The van der Waals surface area contributed by atoms with Crippen LogP contribution in [-0.4, -0.2) is 45.0 Å². The Morgan fingerprint density at radius 2 is 1.96 bits per heavy atom. The van der Waals surface area contributed by atoms with Gasteiger partial charge in [-0.1, -0.05) is 13.8 Å². The lowest BCUT2D eigenvalue weighted by Crippen LogP contribution is -2.51. The van der Waals surface area contributed by atoms with Gasteiger partial charge in [0, 0.05) is 25.7 Å². The van der Waals surface area contributed by atoms with Crippen molar-refractivity contribution in [2.75, 3.05) is 26.2 Å². The maximum absolute atomic E-state index is 12.6. The highest BCUT2D eigenvalue weighted by Crippen LogP contribution is 2.21. The molecular formula is C16H27ClN2O3S. The minimum Gasteiger partial charge on any atom is -0.494 e. The van der Waals surface area contributed by atoms with Crippen molar-refractivity contribution in [1.29, 1.82) is 0 Å². The summed E-state index contributed by atoms with van der Waals surface area (Å²) in [4.78, 5) is 0.331. The molecule has 5 nitrogen and oxygen atoms in total. The van der Waals surface area contributed by atoms with Gasteiger partial charge in [-0.15, -0.1) is 12.4 Å². The smallest absolute Gasteiger partial charge is 0.243 e. The lowest BCUT2D eigenvalue weighted by atomic mass is 10.1. The molecular weight excluding hydrogens is 336 g/mol. The molecule has 0 spiro atoms. The van der Waals surface area contributed by atoms with Gasteiger partial charge in [0.2, 0.25) is 10.0 Å². The van der Waals surface area contributed by atoms with Gasteiger partial charge >= 0.3 is 0 Å². The molecule has 0 aliphatic carbocycles. The third kappa shape index (κ3) is 5.64. The van der Waals surface area contributed by atoms with Gasteiger partial charge < -0.3 is 10.1 Å². The highest BCUT2D eigenvalue weighted by molar-refractivity contribution is 7.89. The topological polar surface area (TPSA) is 58.6 Å². The number of hydrogen-bond donors (Lipinski definition) is 1. The van der Waals surface area contributed by atoms with E-state index in [1.165, 1.54) is 0 Å². The number of benzene rings is 1. The van der Waals surface area contributed by atoms with Crippen molar-refractivity contribution in [2.45, 2.75) is 38.1 Å². The molecule has 1 unspecified atom stereocenters. The number of nitrogens with one attached hydrogen (secondary N) is 1. The minimum atomic E-state index is -3.41. The van der Waals surface area contributed by atoms with E-state index in [-0.39, 0.29) is 18.4 Å². The van der Waals surface area contributed by atoms with Crippen LogP contribution < -0.4 is 10.1 Å². The van der Waals surface area contributed by atoms with Gasteiger partial charge in [0.25, 0.3) is 0 Å². The Morgan fingerprint density at radius 3 is 2.52 bits per heavy atom. The Bertz CT molecular complexity index is 575. The van der Waals surface area contributed by atoms with E-state index in [1.807, 2.05) is 6.92 Å². The van der Waals surface area contributed by atoms with Gasteiger partial charge in [0.05, 0.1) is 11.5 Å². The number of piperazine rings is 1. The molecule has 1 fully saturated rings. The molecule has 1 aromatic carbocycles. The van der Waals surface area contributed by atoms with Crippen molar-refractivity contribution >= 4 is 22.4 Å². The van der Waals surface area contributed by atoms with E-state index in [0.29, 0.717) is 42.8 Å². The second-order valence-electron chi connectivity index (χ2n) is 6.22. The molecule has 0 saturated carbocycles. The lowest BCUT2D eigenvalue weighted by molar-refractivity contribution is 0.289. The number of hydrogen-bond acceptors (Lipinski definition) is 4. The molecule has 0 radical (unpaired) electrons. The standard InChI is InChI=1S/C16H26N2O3S.ClH/c1-13(2)8-11-21-15-4-6-16(7-5-15)22(19,20)18-10-9-17-14(3)12-18;/h4-7,13-14,17H,8-12H2,1-3H3;1H. The van der Waals surface area contributed by atoms with Gasteiger partial charge in [-0.3, -0.25) is 0 Å². The van der Waals surface area contributed by atoms with Crippen LogP contribution in [0.4, 0.5) is 0 Å². The van der Waals surface area contributed by atoms with Crippen LogP contribution >= 0.6 is 12.4 Å². The first kappa shape index (κ1) is 20.2. The molecule has 1 aliphatic rings. The second kappa shape index (κ2) is 8.87. The van der Waals surface area contributed by atoms with Crippen molar-refractivity contribution in [1.82, 2.24) is 9.62 Å². The fourth-order valence-corrected chi connectivity index (χ4v) is 3.91. The van der Waals surface area contributed by atoms with Crippen LogP contribution in [0.2, 0.25) is 0 Å². The molecule has 23 heavy (non-hydrogen) atoms. The summed E-state index contributed by atoms with van der Waals surface area (Å²) < 4.78 is 32.4. The van der Waals surface area contributed by atoms with E-state index < -0.39 is 10.0 Å². The minimum absolute atomic E-state index is 0. The first-order valence-electron chi connectivity index (χ1n) is 7.86. The van der Waals surface area contributed by atoms with Crippen LogP contribution in [0.5, 0.6) is 5.75 Å². The monoisotopic (exact) mass is 362 g/mol. The van der Waals surface area contributed by atoms with Crippen LogP contribution in [0.25, 0.3) is 0 Å². The highest BCUT2D eigenvalue weighted by Gasteiger charge is 2.28. The molecule has 1 aromatic rings. The summed E-state index contributed by atoms with van der Waals surface area (Å²) in [6.07, 6.45) is 0.985. The number of ether oxygens (including phenoxy) is 1. The van der Waals surface area contributed by atoms with E-state index in [9.17, 15) is 8.42 Å². The number of halogens is 1. The molecule has 0 amide bonds. The van der Waals surface area contributed by atoms with E-state index in [2.05, 4.69) is 19.2 Å². The summed E-state index contributed by atoms with van der Waals surface area (Å²) in [6.45, 7) is 8.65. The average molecular weight is 363 g/mol. The summed E-state index contributed by atoms with van der Waals surface area (Å²) in [6, 6.07) is 6.92. The summed E-state index contributed by atoms with van der Waals surface area (Å²) in [5.74, 6) is 1.31. The fourth-order valence-electron chi connectivity index (χ4n) is 2.38. The third-order valence-electron chi connectivity index (χ3n) is 3.76. The lowest BCUT2D eigenvalue weighted by Gasteiger charge is -2.31. The molecule has 1 heterocycles. The van der Waals surface area contributed by atoms with E-state index in [0.717, 1.165) is 6.42 Å². The molecule has 1 N–H and O–H groups in total. The Hall–Kier alpha value is -0.820. The van der Waals surface area contributed by atoms with Crippen LogP contribution in [0.1, 0.15) is 27.2 Å². The van der Waals surface area contributed by atoms with Crippen LogP contribution in [0.3, 0.4) is 0 Å². The first-order chi connectivity index (χ1) is 10.4. The molecule has 1 saturated heterocycles. The second-order valence-corrected chi connectivity index (χ2v) is 8.16. The van der Waals surface area contributed by atoms with E-state index in [1.54, 1.807) is 28.6 Å². The molecule has 0 aromatic heterocycles. The number of rotatable bonds is 6. The predicted octanol–water partition coefficient (Wildman–Crippen LogP) is 2.52. The largest absolute Gasteiger partial charge is 0.494 e. The van der Waals surface area contributed by atoms with Gasteiger partial charge in [-0.25, -0.2) is 8.42 Å². The third-order valence-corrected chi connectivity index (χ3v) is 5.64. The van der Waals surface area contributed by atoms with Crippen molar-refractivity contribution < 1.29 is 13.2 Å². The average Bonchev–Trinajstić information content (AvgIpc) is 2.47. The normalized spacial score (nSPS) is 19.4. The highest BCUT2D eigenvalue weighted by atomic mass is 35.5. The maximum Gasteiger partial charge on any atom is 0.243 e. The number of sulfonamides is 1. The molecule has 1 aliphatic heterocycles. The molecule has 132 valence electrons. The van der Waals surface area contributed by atoms with Crippen LogP contribution in [0.15, 0.2) is 29.2 Å². The van der Waals surface area contributed by atoms with Crippen molar-refractivity contribution in [3.8, 4) is 5.75 Å². The summed E-state index contributed by atoms with van der Waals surface area (Å²) in [5.41, 5.74) is 0. The zero-order valence-corrected chi connectivity index (χ0v) is 15.6. The van der Waals surface area contributed by atoms with Crippen molar-refractivity contribution in [3.63, 3.8) is 0 Å². The van der Waals surface area contributed by atoms with Gasteiger partial charge in [-0.2, -0.15) is 4.31 Å². The number of nitrogens with zero attached hydrogens (tertiary/aromatic N) is 1. The zero-order valence-electron chi connectivity index (χ0n) is 14.0. The summed E-state index contributed by atoms with van der Waals surface area (Å²) >= 11 is 0. The van der Waals surface area contributed by atoms with Gasteiger partial charge in [0.15, 0.2) is 0 Å². The fraction of sp³-hybridized carbons (Fsp3) is 0.625.